The molecule has 0 amide bonds. The zero-order valence-corrected chi connectivity index (χ0v) is 11.2. The highest BCUT2D eigenvalue weighted by Gasteiger charge is 2.25. The number of pyridine rings is 1. The van der Waals surface area contributed by atoms with Gasteiger partial charge in [0, 0.05) is 18.8 Å². The molecule has 0 bridgehead atoms. The first-order valence-electron chi connectivity index (χ1n) is 5.90. The molecule has 1 atom stereocenters. The highest BCUT2D eigenvalue weighted by Crippen LogP contribution is 2.17. The summed E-state index contributed by atoms with van der Waals surface area (Å²) in [6, 6.07) is 2.98. The van der Waals surface area contributed by atoms with E-state index in [1.165, 1.54) is 12.3 Å². The molecular weight excluding hydrogens is 252 g/mol. The number of likely N-dealkylation sites (N-methyl/N-ethyl adjacent to an activating group) is 1. The molecule has 6 nitrogen and oxygen atoms in total. The van der Waals surface area contributed by atoms with Crippen molar-refractivity contribution < 1.29 is 8.42 Å². The minimum atomic E-state index is -3.58. The van der Waals surface area contributed by atoms with Gasteiger partial charge in [0.15, 0.2) is 0 Å². The van der Waals surface area contributed by atoms with Crippen molar-refractivity contribution >= 4 is 15.8 Å². The van der Waals surface area contributed by atoms with Crippen molar-refractivity contribution in [1.29, 1.82) is 0 Å². The SMILES string of the molecule is CN1CCCC(NS(=O)(=O)c2cccnc2N)C1. The summed E-state index contributed by atoms with van der Waals surface area (Å²) < 4.78 is 27.0. The second kappa shape index (κ2) is 5.21. The van der Waals surface area contributed by atoms with Crippen molar-refractivity contribution in [1.82, 2.24) is 14.6 Å². The van der Waals surface area contributed by atoms with Crippen LogP contribution in [-0.2, 0) is 10.0 Å². The van der Waals surface area contributed by atoms with Gasteiger partial charge >= 0.3 is 0 Å². The highest BCUT2D eigenvalue weighted by molar-refractivity contribution is 7.89. The fourth-order valence-electron chi connectivity index (χ4n) is 2.18. The number of nitrogen functional groups attached to an aromatic ring is 1. The summed E-state index contributed by atoms with van der Waals surface area (Å²) in [5, 5.41) is 0. The van der Waals surface area contributed by atoms with Crippen molar-refractivity contribution in [2.24, 2.45) is 0 Å². The number of hydrogen-bond acceptors (Lipinski definition) is 5. The number of nitrogens with zero attached hydrogens (tertiary/aromatic N) is 2. The molecule has 2 heterocycles. The van der Waals surface area contributed by atoms with E-state index in [0.29, 0.717) is 0 Å². The summed E-state index contributed by atoms with van der Waals surface area (Å²) in [6.45, 7) is 1.73. The van der Waals surface area contributed by atoms with E-state index in [4.69, 9.17) is 5.73 Å². The second-order valence-corrected chi connectivity index (χ2v) is 6.29. The maximum Gasteiger partial charge on any atom is 0.244 e. The molecule has 1 aromatic heterocycles. The van der Waals surface area contributed by atoms with Gasteiger partial charge in [-0.25, -0.2) is 18.1 Å². The standard InChI is InChI=1S/C11H18N4O2S/c1-15-7-3-4-9(8-15)14-18(16,17)10-5-2-6-13-11(10)12/h2,5-6,9,14H,3-4,7-8H2,1H3,(H2,12,13). The van der Waals surface area contributed by atoms with Crippen molar-refractivity contribution in [3.63, 3.8) is 0 Å². The molecule has 0 saturated carbocycles. The van der Waals surface area contributed by atoms with Gasteiger partial charge in [0.1, 0.15) is 10.7 Å². The monoisotopic (exact) mass is 270 g/mol. The van der Waals surface area contributed by atoms with Crippen LogP contribution in [-0.4, -0.2) is 44.5 Å². The second-order valence-electron chi connectivity index (χ2n) is 4.61. The first-order chi connectivity index (χ1) is 8.49. The quantitative estimate of drug-likeness (QED) is 0.809. The molecule has 3 N–H and O–H groups in total. The normalized spacial score (nSPS) is 21.9. The summed E-state index contributed by atoms with van der Waals surface area (Å²) in [5.41, 5.74) is 5.60. The van der Waals surface area contributed by atoms with Crippen LogP contribution in [0.1, 0.15) is 12.8 Å². The smallest absolute Gasteiger partial charge is 0.244 e. The molecule has 100 valence electrons. The lowest BCUT2D eigenvalue weighted by Gasteiger charge is -2.30. The number of aromatic nitrogens is 1. The van der Waals surface area contributed by atoms with Crippen molar-refractivity contribution in [3.05, 3.63) is 18.3 Å². The molecule has 18 heavy (non-hydrogen) atoms. The summed E-state index contributed by atoms with van der Waals surface area (Å²) in [7, 11) is -1.59. The van der Waals surface area contributed by atoms with Crippen LogP contribution in [0.4, 0.5) is 5.82 Å². The molecule has 7 heteroatoms. The molecule has 1 aliphatic rings. The topological polar surface area (TPSA) is 88.3 Å². The third kappa shape index (κ3) is 2.98. The van der Waals surface area contributed by atoms with Crippen LogP contribution in [0, 0.1) is 0 Å². The maximum absolute atomic E-state index is 12.2. The van der Waals surface area contributed by atoms with Crippen molar-refractivity contribution in [3.8, 4) is 0 Å². The Balaban J connectivity index is 2.15. The Hall–Kier alpha value is -1.18. The van der Waals surface area contributed by atoms with E-state index in [1.54, 1.807) is 6.07 Å². The summed E-state index contributed by atoms with van der Waals surface area (Å²) >= 11 is 0. The van der Waals surface area contributed by atoms with Crippen LogP contribution in [0.3, 0.4) is 0 Å². The van der Waals surface area contributed by atoms with Crippen LogP contribution in [0.5, 0.6) is 0 Å². The fourth-order valence-corrected chi connectivity index (χ4v) is 3.52. The van der Waals surface area contributed by atoms with Gasteiger partial charge in [-0.3, -0.25) is 0 Å². The molecule has 0 spiro atoms. The fraction of sp³-hybridized carbons (Fsp3) is 0.545. The number of rotatable bonds is 3. The Morgan fingerprint density at radius 3 is 3.00 bits per heavy atom. The molecule has 1 unspecified atom stereocenters. The molecular formula is C11H18N4O2S. The number of piperidine rings is 1. The number of sulfonamides is 1. The Morgan fingerprint density at radius 2 is 2.33 bits per heavy atom. The third-order valence-electron chi connectivity index (χ3n) is 3.04. The molecule has 1 aliphatic heterocycles. The van der Waals surface area contributed by atoms with Gasteiger partial charge in [0.2, 0.25) is 10.0 Å². The lowest BCUT2D eigenvalue weighted by atomic mass is 10.1. The van der Waals surface area contributed by atoms with Gasteiger partial charge in [0.05, 0.1) is 0 Å². The van der Waals surface area contributed by atoms with Crippen LogP contribution < -0.4 is 10.5 Å². The van der Waals surface area contributed by atoms with Crippen molar-refractivity contribution in [2.45, 2.75) is 23.8 Å². The molecule has 1 aromatic rings. The van der Waals surface area contributed by atoms with Gasteiger partial charge in [-0.1, -0.05) is 0 Å². The van der Waals surface area contributed by atoms with E-state index in [-0.39, 0.29) is 16.8 Å². The lowest BCUT2D eigenvalue weighted by molar-refractivity contribution is 0.242. The number of hydrogen-bond donors (Lipinski definition) is 2. The van der Waals surface area contributed by atoms with Crippen LogP contribution in [0.25, 0.3) is 0 Å². The van der Waals surface area contributed by atoms with E-state index in [1.807, 2.05) is 7.05 Å². The molecule has 1 saturated heterocycles. The van der Waals surface area contributed by atoms with Crippen LogP contribution in [0.2, 0.25) is 0 Å². The average Bonchev–Trinajstić information content (AvgIpc) is 2.28. The predicted octanol–water partition coefficient (Wildman–Crippen LogP) is 0.0363. The van der Waals surface area contributed by atoms with E-state index in [9.17, 15) is 8.42 Å². The largest absolute Gasteiger partial charge is 0.383 e. The zero-order chi connectivity index (χ0) is 13.2. The average molecular weight is 270 g/mol. The summed E-state index contributed by atoms with van der Waals surface area (Å²) in [5.74, 6) is 0.0363. The van der Waals surface area contributed by atoms with Gasteiger partial charge in [0.25, 0.3) is 0 Å². The Kier molecular flexibility index (Phi) is 3.84. The molecule has 1 fully saturated rings. The predicted molar refractivity (Wildman–Crippen MR) is 69.5 cm³/mol. The van der Waals surface area contributed by atoms with E-state index in [0.717, 1.165) is 25.9 Å². The first kappa shape index (κ1) is 13.3. The van der Waals surface area contributed by atoms with E-state index >= 15 is 0 Å². The highest BCUT2D eigenvalue weighted by atomic mass is 32.2. The maximum atomic E-state index is 12.2. The Bertz CT molecular complexity index is 518. The Labute approximate surface area is 107 Å². The van der Waals surface area contributed by atoms with Crippen molar-refractivity contribution in [2.75, 3.05) is 25.9 Å². The van der Waals surface area contributed by atoms with Gasteiger partial charge in [-0.05, 0) is 38.6 Å². The van der Waals surface area contributed by atoms with Gasteiger partial charge < -0.3 is 10.6 Å². The van der Waals surface area contributed by atoms with Gasteiger partial charge in [-0.2, -0.15) is 0 Å². The number of nitrogens with one attached hydrogen (secondary N) is 1. The molecule has 0 aromatic carbocycles. The zero-order valence-electron chi connectivity index (χ0n) is 10.3. The number of anilines is 1. The molecule has 0 aliphatic carbocycles. The molecule has 2 rings (SSSR count). The summed E-state index contributed by atoms with van der Waals surface area (Å²) in [4.78, 5) is 5.97. The van der Waals surface area contributed by atoms with Gasteiger partial charge in [-0.15, -0.1) is 0 Å². The Morgan fingerprint density at radius 1 is 1.56 bits per heavy atom. The lowest BCUT2D eigenvalue weighted by Crippen LogP contribution is -2.46. The van der Waals surface area contributed by atoms with E-state index < -0.39 is 10.0 Å². The molecule has 0 radical (unpaired) electrons. The number of nitrogens with two attached hydrogens (primary N) is 1. The first-order valence-corrected chi connectivity index (χ1v) is 7.39. The third-order valence-corrected chi connectivity index (χ3v) is 4.60. The van der Waals surface area contributed by atoms with Crippen LogP contribution >= 0.6 is 0 Å². The minimum absolute atomic E-state index is 0.0363. The number of likely N-dealkylation sites (tertiary alicyclic amines) is 1. The van der Waals surface area contributed by atoms with Crippen LogP contribution in [0.15, 0.2) is 23.2 Å². The summed E-state index contributed by atoms with van der Waals surface area (Å²) in [6.07, 6.45) is 3.32. The minimum Gasteiger partial charge on any atom is -0.383 e. The van der Waals surface area contributed by atoms with E-state index in [2.05, 4.69) is 14.6 Å².